The number of H-pyrrole nitrogens is 1. The van der Waals surface area contributed by atoms with Crippen LogP contribution >= 0.6 is 0 Å². The molecule has 8 nitrogen and oxygen atoms in total. The first-order valence-corrected chi connectivity index (χ1v) is 11.5. The van der Waals surface area contributed by atoms with Gasteiger partial charge in [-0.05, 0) is 63.2 Å². The highest BCUT2D eigenvalue weighted by Gasteiger charge is 2.23. The molecule has 0 amide bonds. The number of benzene rings is 1. The zero-order valence-corrected chi connectivity index (χ0v) is 20.5. The maximum absolute atomic E-state index is 12.3. The van der Waals surface area contributed by atoms with Gasteiger partial charge in [0.1, 0.15) is 28.7 Å². The van der Waals surface area contributed by atoms with Crippen LogP contribution in [0.4, 0.5) is 0 Å². The zero-order valence-electron chi connectivity index (χ0n) is 20.5. The van der Waals surface area contributed by atoms with Crippen LogP contribution in [0, 0.1) is 20.8 Å². The third-order valence-electron chi connectivity index (χ3n) is 6.22. The monoisotopic (exact) mass is 482 g/mol. The van der Waals surface area contributed by atoms with Crippen molar-refractivity contribution in [3.05, 3.63) is 93.9 Å². The molecule has 0 bridgehead atoms. The van der Waals surface area contributed by atoms with Crippen LogP contribution in [0.1, 0.15) is 22.8 Å². The van der Waals surface area contributed by atoms with Gasteiger partial charge >= 0.3 is 0 Å². The lowest BCUT2D eigenvalue weighted by Crippen LogP contribution is -2.05. The van der Waals surface area contributed by atoms with Crippen molar-refractivity contribution in [2.45, 2.75) is 27.3 Å². The highest BCUT2D eigenvalue weighted by atomic mass is 16.5. The van der Waals surface area contributed by atoms with Crippen LogP contribution < -0.4 is 10.2 Å². The molecule has 0 saturated heterocycles. The van der Waals surface area contributed by atoms with Gasteiger partial charge in [-0.2, -0.15) is 0 Å². The molecule has 4 heterocycles. The van der Waals surface area contributed by atoms with Crippen molar-refractivity contribution in [1.82, 2.24) is 19.5 Å². The largest absolute Gasteiger partial charge is 0.501 e. The van der Waals surface area contributed by atoms with E-state index >= 15 is 0 Å². The summed E-state index contributed by atoms with van der Waals surface area (Å²) in [6, 6.07) is 16.6. The maximum Gasteiger partial charge on any atom is 0.227 e. The summed E-state index contributed by atoms with van der Waals surface area (Å²) >= 11 is 0. The molecule has 0 aliphatic rings. The standard InChI is InChI=1S/C28H26N4O4/c1-16-13-22(18(3)32(16)15-20-7-5-6-12-29-20)28-30-24(19-8-10-21(35-4)11-9-19)25(31-28)27-26(34)23(33)14-17(2)36-27/h5-14,34H,15H2,1-4H3,(H,30,31). The fraction of sp³-hybridized carbons (Fsp3) is 0.179. The molecule has 4 aromatic heterocycles. The number of aromatic nitrogens is 4. The molecule has 182 valence electrons. The zero-order chi connectivity index (χ0) is 25.4. The molecule has 1 aromatic carbocycles. The van der Waals surface area contributed by atoms with E-state index in [1.165, 1.54) is 6.07 Å². The van der Waals surface area contributed by atoms with Gasteiger partial charge in [0.2, 0.25) is 11.2 Å². The van der Waals surface area contributed by atoms with E-state index in [0.29, 0.717) is 35.3 Å². The van der Waals surface area contributed by atoms with Gasteiger partial charge in [-0.1, -0.05) is 6.07 Å². The minimum absolute atomic E-state index is 0.0480. The molecule has 0 saturated carbocycles. The highest BCUT2D eigenvalue weighted by molar-refractivity contribution is 5.81. The highest BCUT2D eigenvalue weighted by Crippen LogP contribution is 2.38. The Labute approximate surface area is 207 Å². The van der Waals surface area contributed by atoms with Crippen molar-refractivity contribution in [3.8, 4) is 45.6 Å². The van der Waals surface area contributed by atoms with E-state index in [0.717, 1.165) is 28.2 Å². The molecular formula is C28H26N4O4. The van der Waals surface area contributed by atoms with Gasteiger partial charge in [-0.3, -0.25) is 9.78 Å². The van der Waals surface area contributed by atoms with Crippen LogP contribution in [0.2, 0.25) is 0 Å². The number of hydrogen-bond donors (Lipinski definition) is 2. The fourth-order valence-electron chi connectivity index (χ4n) is 4.33. The molecule has 0 aliphatic carbocycles. The Kier molecular flexibility index (Phi) is 5.93. The van der Waals surface area contributed by atoms with Crippen LogP contribution in [-0.4, -0.2) is 31.7 Å². The van der Waals surface area contributed by atoms with Gasteiger partial charge in [0.25, 0.3) is 0 Å². The third-order valence-corrected chi connectivity index (χ3v) is 6.22. The van der Waals surface area contributed by atoms with E-state index < -0.39 is 11.2 Å². The molecule has 5 rings (SSSR count). The Hall–Kier alpha value is -4.59. The maximum atomic E-state index is 12.3. The Bertz CT molecular complexity index is 1600. The summed E-state index contributed by atoms with van der Waals surface area (Å²) < 4.78 is 13.3. The Morgan fingerprint density at radius 2 is 1.86 bits per heavy atom. The van der Waals surface area contributed by atoms with Gasteiger partial charge in [0.05, 0.1) is 19.3 Å². The molecule has 5 aromatic rings. The Morgan fingerprint density at radius 1 is 1.08 bits per heavy atom. The number of imidazole rings is 1. The average Bonchev–Trinajstić information content (AvgIpc) is 3.44. The molecule has 36 heavy (non-hydrogen) atoms. The average molecular weight is 483 g/mol. The normalized spacial score (nSPS) is 11.1. The first-order valence-electron chi connectivity index (χ1n) is 11.5. The number of pyridine rings is 1. The Morgan fingerprint density at radius 3 is 2.56 bits per heavy atom. The molecule has 8 heteroatoms. The van der Waals surface area contributed by atoms with Crippen LogP contribution in [-0.2, 0) is 6.54 Å². The smallest absolute Gasteiger partial charge is 0.227 e. The summed E-state index contributed by atoms with van der Waals surface area (Å²) in [6.45, 7) is 6.37. The van der Waals surface area contributed by atoms with Gasteiger partial charge in [0, 0.05) is 34.8 Å². The number of aryl methyl sites for hydroxylation is 2. The van der Waals surface area contributed by atoms with Crippen molar-refractivity contribution < 1.29 is 14.3 Å². The molecule has 0 fully saturated rings. The van der Waals surface area contributed by atoms with Crippen LogP contribution in [0.5, 0.6) is 11.5 Å². The van der Waals surface area contributed by atoms with Crippen molar-refractivity contribution in [1.29, 1.82) is 0 Å². The lowest BCUT2D eigenvalue weighted by molar-refractivity contribution is 0.415. The van der Waals surface area contributed by atoms with Gasteiger partial charge in [0.15, 0.2) is 5.76 Å². The predicted octanol–water partition coefficient (Wildman–Crippen LogP) is 5.25. The third kappa shape index (κ3) is 4.17. The minimum atomic E-state index is -0.515. The molecule has 0 unspecified atom stereocenters. The number of ether oxygens (including phenoxy) is 1. The molecule has 2 N–H and O–H groups in total. The van der Waals surface area contributed by atoms with Gasteiger partial charge < -0.3 is 23.8 Å². The van der Waals surface area contributed by atoms with Crippen molar-refractivity contribution >= 4 is 0 Å². The Balaban J connectivity index is 1.67. The number of rotatable bonds is 6. The first-order chi connectivity index (χ1) is 17.4. The fourth-order valence-corrected chi connectivity index (χ4v) is 4.33. The van der Waals surface area contributed by atoms with E-state index in [4.69, 9.17) is 14.1 Å². The number of nitrogens with zero attached hydrogens (tertiary/aromatic N) is 3. The number of nitrogens with one attached hydrogen (secondary N) is 1. The van der Waals surface area contributed by atoms with Gasteiger partial charge in [-0.15, -0.1) is 0 Å². The summed E-state index contributed by atoms with van der Waals surface area (Å²) in [5, 5.41) is 10.6. The summed E-state index contributed by atoms with van der Waals surface area (Å²) in [5.74, 6) is 1.27. The quantitative estimate of drug-likeness (QED) is 0.342. The van der Waals surface area contributed by atoms with E-state index in [2.05, 4.69) is 20.6 Å². The SMILES string of the molecule is COc1ccc(-c2nc(-c3cc(C)n(Cc4ccccn4)c3C)[nH]c2-c2oc(C)cc(=O)c2O)cc1. The number of methoxy groups -OCH3 is 1. The second kappa shape index (κ2) is 9.22. The lowest BCUT2D eigenvalue weighted by atomic mass is 10.1. The lowest BCUT2D eigenvalue weighted by Gasteiger charge is -2.09. The second-order valence-corrected chi connectivity index (χ2v) is 8.63. The van der Waals surface area contributed by atoms with Crippen molar-refractivity contribution in [3.63, 3.8) is 0 Å². The molecule has 0 aliphatic heterocycles. The van der Waals surface area contributed by atoms with Crippen LogP contribution in [0.3, 0.4) is 0 Å². The number of aromatic amines is 1. The second-order valence-electron chi connectivity index (χ2n) is 8.63. The van der Waals surface area contributed by atoms with Crippen molar-refractivity contribution in [2.75, 3.05) is 7.11 Å². The van der Waals surface area contributed by atoms with E-state index in [9.17, 15) is 9.90 Å². The first kappa shape index (κ1) is 23.2. The van der Waals surface area contributed by atoms with E-state index in [-0.39, 0.29) is 5.76 Å². The topological polar surface area (TPSA) is 106 Å². The summed E-state index contributed by atoms with van der Waals surface area (Å²) in [6.07, 6.45) is 1.78. The molecule has 0 atom stereocenters. The van der Waals surface area contributed by atoms with E-state index in [1.807, 2.05) is 56.3 Å². The van der Waals surface area contributed by atoms with Crippen LogP contribution in [0.15, 0.2) is 70.0 Å². The molecular weight excluding hydrogens is 456 g/mol. The molecule has 0 radical (unpaired) electrons. The van der Waals surface area contributed by atoms with E-state index in [1.54, 1.807) is 20.2 Å². The summed E-state index contributed by atoms with van der Waals surface area (Å²) in [5.41, 5.74) is 5.15. The van der Waals surface area contributed by atoms with Crippen LogP contribution in [0.25, 0.3) is 34.1 Å². The van der Waals surface area contributed by atoms with Crippen molar-refractivity contribution in [2.24, 2.45) is 0 Å². The summed E-state index contributed by atoms with van der Waals surface area (Å²) in [7, 11) is 1.60. The number of aromatic hydroxyl groups is 1. The predicted molar refractivity (Wildman–Crippen MR) is 137 cm³/mol. The summed E-state index contributed by atoms with van der Waals surface area (Å²) in [4.78, 5) is 25.0. The van der Waals surface area contributed by atoms with Gasteiger partial charge in [-0.25, -0.2) is 4.98 Å². The number of hydrogen-bond acceptors (Lipinski definition) is 6. The minimum Gasteiger partial charge on any atom is -0.501 e. The molecule has 0 spiro atoms.